The monoisotopic (exact) mass is 439 g/mol. The van der Waals surface area contributed by atoms with Crippen LogP contribution in [0.25, 0.3) is 10.9 Å². The average molecular weight is 439 g/mol. The van der Waals surface area contributed by atoms with E-state index < -0.39 is 36.7 Å². The fourth-order valence-corrected chi connectivity index (χ4v) is 4.21. The summed E-state index contributed by atoms with van der Waals surface area (Å²) in [7, 11) is 1.63. The van der Waals surface area contributed by atoms with Crippen LogP contribution in [0.4, 0.5) is 23.7 Å². The quantitative estimate of drug-likeness (QED) is 0.692. The van der Waals surface area contributed by atoms with Gasteiger partial charge in [0.15, 0.2) is 0 Å². The van der Waals surface area contributed by atoms with Gasteiger partial charge in [-0.3, -0.25) is 19.6 Å². The van der Waals surface area contributed by atoms with Gasteiger partial charge >= 0.3 is 12.3 Å². The van der Waals surface area contributed by atoms with Crippen LogP contribution in [0.2, 0.25) is 0 Å². The van der Waals surface area contributed by atoms with Crippen molar-refractivity contribution in [1.29, 1.82) is 0 Å². The van der Waals surface area contributed by atoms with Gasteiger partial charge < -0.3 is 14.9 Å². The number of nitrogens with zero attached hydrogens (tertiary/aromatic N) is 4. The van der Waals surface area contributed by atoms with E-state index in [1.165, 1.54) is 10.7 Å². The minimum Gasteiger partial charge on any atom is -0.465 e. The number of aromatic nitrogens is 2. The predicted octanol–water partition coefficient (Wildman–Crippen LogP) is 1.82. The Morgan fingerprint density at radius 2 is 2.00 bits per heavy atom. The number of anilines is 1. The van der Waals surface area contributed by atoms with E-state index in [1.807, 2.05) is 0 Å². The molecule has 2 aliphatic heterocycles. The van der Waals surface area contributed by atoms with Crippen LogP contribution in [-0.4, -0.2) is 69.5 Å². The number of aryl methyl sites for hydroxylation is 1. The Morgan fingerprint density at radius 3 is 2.65 bits per heavy atom. The van der Waals surface area contributed by atoms with Crippen LogP contribution in [-0.2, 0) is 16.6 Å². The van der Waals surface area contributed by atoms with Crippen LogP contribution >= 0.6 is 0 Å². The SMILES string of the molecule is Cn1nc(C2CCC(=O)NC2=O)c2ccc(N3CCN(C(=O)O)C[C@@H]3C(F)(F)F)cc21. The van der Waals surface area contributed by atoms with Crippen molar-refractivity contribution in [1.82, 2.24) is 20.0 Å². The van der Waals surface area contributed by atoms with Crippen molar-refractivity contribution in [3.05, 3.63) is 23.9 Å². The number of hydrogen-bond acceptors (Lipinski definition) is 5. The Morgan fingerprint density at radius 1 is 1.26 bits per heavy atom. The first-order chi connectivity index (χ1) is 14.6. The highest BCUT2D eigenvalue weighted by atomic mass is 19.4. The fraction of sp³-hybridized carbons (Fsp3) is 0.474. The Balaban J connectivity index is 1.69. The number of nitrogens with one attached hydrogen (secondary N) is 1. The summed E-state index contributed by atoms with van der Waals surface area (Å²) in [5.74, 6) is -1.40. The molecule has 31 heavy (non-hydrogen) atoms. The lowest BCUT2D eigenvalue weighted by atomic mass is 9.92. The summed E-state index contributed by atoms with van der Waals surface area (Å²) >= 11 is 0. The average Bonchev–Trinajstić information content (AvgIpc) is 3.02. The van der Waals surface area contributed by atoms with E-state index in [4.69, 9.17) is 5.11 Å². The maximum Gasteiger partial charge on any atom is 0.410 e. The third kappa shape index (κ3) is 3.77. The molecule has 0 bridgehead atoms. The number of hydrogen-bond donors (Lipinski definition) is 2. The van der Waals surface area contributed by atoms with Gasteiger partial charge in [-0.1, -0.05) is 0 Å². The molecule has 0 aliphatic carbocycles. The highest BCUT2D eigenvalue weighted by Crippen LogP contribution is 2.35. The Kier molecular flexibility index (Phi) is 5.02. The van der Waals surface area contributed by atoms with Crippen molar-refractivity contribution in [3.8, 4) is 0 Å². The number of piperazine rings is 1. The zero-order valence-electron chi connectivity index (χ0n) is 16.5. The fourth-order valence-electron chi connectivity index (χ4n) is 4.21. The van der Waals surface area contributed by atoms with Crippen molar-refractivity contribution in [2.45, 2.75) is 31.0 Å². The number of alkyl halides is 3. The largest absolute Gasteiger partial charge is 0.465 e. The summed E-state index contributed by atoms with van der Waals surface area (Å²) in [6.07, 6.45) is -5.50. The summed E-state index contributed by atoms with van der Waals surface area (Å²) in [6, 6.07) is 2.73. The Bertz CT molecular complexity index is 1070. The molecular formula is C19H20F3N5O4. The van der Waals surface area contributed by atoms with Crippen molar-refractivity contribution < 1.29 is 32.7 Å². The van der Waals surface area contributed by atoms with Gasteiger partial charge in [-0.15, -0.1) is 0 Å². The number of imide groups is 1. The molecule has 1 aromatic heterocycles. The van der Waals surface area contributed by atoms with Gasteiger partial charge in [-0.05, 0) is 24.6 Å². The molecule has 1 aromatic carbocycles. The molecule has 0 radical (unpaired) electrons. The lowest BCUT2D eigenvalue weighted by molar-refractivity contribution is -0.155. The van der Waals surface area contributed by atoms with E-state index in [9.17, 15) is 27.6 Å². The second-order valence-corrected chi connectivity index (χ2v) is 7.69. The predicted molar refractivity (Wildman–Crippen MR) is 103 cm³/mol. The highest BCUT2D eigenvalue weighted by molar-refractivity contribution is 6.02. The van der Waals surface area contributed by atoms with Gasteiger partial charge in [0, 0.05) is 37.6 Å². The summed E-state index contributed by atoms with van der Waals surface area (Å²) in [5, 5.41) is 16.4. The molecule has 2 aromatic rings. The van der Waals surface area contributed by atoms with E-state index in [0.717, 1.165) is 9.80 Å². The number of carbonyl (C=O) groups is 3. The first-order valence-electron chi connectivity index (χ1n) is 9.68. The third-order valence-corrected chi connectivity index (χ3v) is 5.79. The van der Waals surface area contributed by atoms with Gasteiger partial charge in [-0.25, -0.2) is 4.79 Å². The third-order valence-electron chi connectivity index (χ3n) is 5.79. The first kappa shape index (κ1) is 20.9. The summed E-state index contributed by atoms with van der Waals surface area (Å²) in [5.41, 5.74) is 1.30. The van der Waals surface area contributed by atoms with Crippen LogP contribution in [0, 0.1) is 0 Å². The minimum absolute atomic E-state index is 0.0487. The zero-order chi connectivity index (χ0) is 22.5. The molecular weight excluding hydrogens is 419 g/mol. The number of carboxylic acid groups (broad SMARTS) is 1. The molecule has 0 saturated carbocycles. The Hall–Kier alpha value is -3.31. The number of piperidine rings is 1. The van der Waals surface area contributed by atoms with E-state index in [0.29, 0.717) is 23.0 Å². The van der Waals surface area contributed by atoms with Crippen LogP contribution in [0.5, 0.6) is 0 Å². The van der Waals surface area contributed by atoms with Gasteiger partial charge in [-0.2, -0.15) is 18.3 Å². The lowest BCUT2D eigenvalue weighted by Gasteiger charge is -2.42. The lowest BCUT2D eigenvalue weighted by Crippen LogP contribution is -2.60. The second kappa shape index (κ2) is 7.43. The van der Waals surface area contributed by atoms with Gasteiger partial charge in [0.1, 0.15) is 6.04 Å². The van der Waals surface area contributed by atoms with Crippen molar-refractivity contribution in [2.24, 2.45) is 7.05 Å². The van der Waals surface area contributed by atoms with Gasteiger partial charge in [0.05, 0.1) is 23.7 Å². The number of benzene rings is 1. The molecule has 2 N–H and O–H groups in total. The van der Waals surface area contributed by atoms with Crippen molar-refractivity contribution in [3.63, 3.8) is 0 Å². The maximum atomic E-state index is 13.7. The second-order valence-electron chi connectivity index (χ2n) is 7.69. The highest BCUT2D eigenvalue weighted by Gasteiger charge is 2.47. The molecule has 4 rings (SSSR count). The molecule has 9 nitrogen and oxygen atoms in total. The minimum atomic E-state index is -4.62. The van der Waals surface area contributed by atoms with Crippen molar-refractivity contribution >= 4 is 34.5 Å². The molecule has 166 valence electrons. The van der Waals surface area contributed by atoms with E-state index in [1.54, 1.807) is 19.2 Å². The number of halogens is 3. The molecule has 3 heterocycles. The van der Waals surface area contributed by atoms with Crippen LogP contribution in [0.1, 0.15) is 24.5 Å². The topological polar surface area (TPSA) is 108 Å². The van der Waals surface area contributed by atoms with Gasteiger partial charge in [0.2, 0.25) is 11.8 Å². The summed E-state index contributed by atoms with van der Waals surface area (Å²) in [4.78, 5) is 36.7. The van der Waals surface area contributed by atoms with Crippen LogP contribution in [0.15, 0.2) is 18.2 Å². The standard InChI is InChI=1S/C19H20F3N5O4/c1-25-13-8-10(27-7-6-26(18(30)31)9-14(27)19(20,21)22)2-3-11(13)16(24-25)12-4-5-15(28)23-17(12)29/h2-3,8,12,14H,4-7,9H2,1H3,(H,30,31)(H,23,28,29)/t12?,14-/m1/s1. The first-order valence-corrected chi connectivity index (χ1v) is 9.68. The number of carbonyl (C=O) groups excluding carboxylic acids is 2. The molecule has 0 spiro atoms. The molecule has 2 atom stereocenters. The summed E-state index contributed by atoms with van der Waals surface area (Å²) in [6.45, 7) is -0.837. The molecule has 2 fully saturated rings. The van der Waals surface area contributed by atoms with Crippen molar-refractivity contribution in [2.75, 3.05) is 24.5 Å². The van der Waals surface area contributed by atoms with Gasteiger partial charge in [0.25, 0.3) is 0 Å². The molecule has 2 saturated heterocycles. The van der Waals surface area contributed by atoms with E-state index >= 15 is 0 Å². The van der Waals surface area contributed by atoms with E-state index in [2.05, 4.69) is 10.4 Å². The molecule has 2 aliphatic rings. The summed E-state index contributed by atoms with van der Waals surface area (Å²) < 4.78 is 42.5. The van der Waals surface area contributed by atoms with E-state index in [-0.39, 0.29) is 31.1 Å². The van der Waals surface area contributed by atoms with Crippen LogP contribution < -0.4 is 10.2 Å². The molecule has 12 heteroatoms. The number of fused-ring (bicyclic) bond motifs is 1. The molecule has 1 unspecified atom stereocenters. The van der Waals surface area contributed by atoms with Crippen LogP contribution in [0.3, 0.4) is 0 Å². The maximum absolute atomic E-state index is 13.7. The number of amides is 3. The Labute approximate surface area is 174 Å². The normalized spacial score (nSPS) is 22.7. The molecule has 3 amide bonds. The number of rotatable bonds is 2. The zero-order valence-corrected chi connectivity index (χ0v) is 16.5. The smallest absolute Gasteiger partial charge is 0.410 e.